The van der Waals surface area contributed by atoms with Crippen LogP contribution in [-0.4, -0.2) is 42.2 Å². The van der Waals surface area contributed by atoms with Crippen molar-refractivity contribution in [1.29, 1.82) is 0 Å². The Labute approximate surface area is 178 Å². The van der Waals surface area contributed by atoms with Crippen molar-refractivity contribution in [2.75, 3.05) is 25.5 Å². The second kappa shape index (κ2) is 10.5. The maximum Gasteiger partial charge on any atom is 0.221 e. The first kappa shape index (κ1) is 22.2. The number of aliphatic hydroxyl groups is 1. The van der Waals surface area contributed by atoms with Crippen molar-refractivity contribution in [3.63, 3.8) is 0 Å². The third kappa shape index (κ3) is 6.00. The summed E-state index contributed by atoms with van der Waals surface area (Å²) < 4.78 is 12.6. The number of carbonyl (C=O) groups is 1. The fourth-order valence-electron chi connectivity index (χ4n) is 3.60. The number of anilines is 1. The van der Waals surface area contributed by atoms with Crippen molar-refractivity contribution in [1.82, 2.24) is 4.90 Å². The predicted molar refractivity (Wildman–Crippen MR) is 117 cm³/mol. The Hall–Kier alpha value is -2.51. The summed E-state index contributed by atoms with van der Waals surface area (Å²) in [6.45, 7) is 6.86. The number of hydrogen-bond acceptors (Lipinski definition) is 5. The molecule has 0 aromatic heterocycles. The maximum atomic E-state index is 11.3. The molecular formula is C24H30N2O4. The molecule has 1 saturated heterocycles. The molecule has 160 valence electrons. The molecule has 1 amide bonds. The lowest BCUT2D eigenvalue weighted by atomic mass is 9.99. The van der Waals surface area contributed by atoms with E-state index in [-0.39, 0.29) is 24.7 Å². The lowest BCUT2D eigenvalue weighted by molar-refractivity contribution is -0.252. The van der Waals surface area contributed by atoms with Crippen molar-refractivity contribution in [3.8, 4) is 0 Å². The summed E-state index contributed by atoms with van der Waals surface area (Å²) in [6.07, 6.45) is 1.98. The van der Waals surface area contributed by atoms with Crippen LogP contribution >= 0.6 is 0 Å². The van der Waals surface area contributed by atoms with E-state index in [1.807, 2.05) is 61.7 Å². The Morgan fingerprint density at radius 2 is 1.83 bits per heavy atom. The Morgan fingerprint density at radius 1 is 1.17 bits per heavy atom. The van der Waals surface area contributed by atoms with Crippen LogP contribution in [0.1, 0.15) is 42.4 Å². The molecule has 0 radical (unpaired) electrons. The maximum absolute atomic E-state index is 11.3. The van der Waals surface area contributed by atoms with Gasteiger partial charge in [0.25, 0.3) is 0 Å². The molecule has 2 N–H and O–H groups in total. The molecule has 6 heteroatoms. The molecule has 1 fully saturated rings. The number of aliphatic hydroxyl groups excluding tert-OH is 1. The number of hydrogen-bond donors (Lipinski definition) is 2. The molecule has 3 atom stereocenters. The van der Waals surface area contributed by atoms with Crippen molar-refractivity contribution >= 4 is 11.6 Å². The minimum absolute atomic E-state index is 0.00811. The molecule has 0 aliphatic carbocycles. The monoisotopic (exact) mass is 410 g/mol. The lowest BCUT2D eigenvalue weighted by Crippen LogP contribution is -2.37. The highest BCUT2D eigenvalue weighted by atomic mass is 16.7. The SMILES string of the molecule is C=CCN(C)CC1CC(c2ccc(CO)cc2)OC(c2ccc(NC(C)=O)cc2)O1. The average molecular weight is 411 g/mol. The van der Waals surface area contributed by atoms with Gasteiger partial charge in [-0.15, -0.1) is 6.58 Å². The molecule has 0 spiro atoms. The van der Waals surface area contributed by atoms with E-state index in [1.54, 1.807) is 0 Å². The van der Waals surface area contributed by atoms with Crippen LogP contribution in [0.25, 0.3) is 0 Å². The summed E-state index contributed by atoms with van der Waals surface area (Å²) >= 11 is 0. The van der Waals surface area contributed by atoms with E-state index >= 15 is 0 Å². The van der Waals surface area contributed by atoms with Gasteiger partial charge in [-0.05, 0) is 30.3 Å². The summed E-state index contributed by atoms with van der Waals surface area (Å²) in [5.74, 6) is -0.107. The number of likely N-dealkylation sites (N-methyl/N-ethyl adjacent to an activating group) is 1. The number of carbonyl (C=O) groups excluding carboxylic acids is 1. The number of rotatable bonds is 8. The van der Waals surface area contributed by atoms with Gasteiger partial charge in [0.2, 0.25) is 5.91 Å². The lowest BCUT2D eigenvalue weighted by Gasteiger charge is -2.37. The fraction of sp³-hybridized carbons (Fsp3) is 0.375. The van der Waals surface area contributed by atoms with E-state index in [1.165, 1.54) is 6.92 Å². The molecule has 1 heterocycles. The Morgan fingerprint density at radius 3 is 2.43 bits per heavy atom. The zero-order chi connectivity index (χ0) is 21.5. The van der Waals surface area contributed by atoms with Crippen LogP contribution in [0.5, 0.6) is 0 Å². The molecule has 30 heavy (non-hydrogen) atoms. The van der Waals surface area contributed by atoms with Gasteiger partial charge < -0.3 is 24.8 Å². The van der Waals surface area contributed by atoms with Crippen LogP contribution in [-0.2, 0) is 20.9 Å². The number of nitrogens with zero attached hydrogens (tertiary/aromatic N) is 1. The van der Waals surface area contributed by atoms with Gasteiger partial charge in [0, 0.05) is 37.7 Å². The summed E-state index contributed by atoms with van der Waals surface area (Å²) in [7, 11) is 2.04. The third-order valence-corrected chi connectivity index (χ3v) is 5.07. The number of amides is 1. The van der Waals surface area contributed by atoms with Crippen molar-refractivity contribution in [2.45, 2.75) is 38.4 Å². The van der Waals surface area contributed by atoms with E-state index in [2.05, 4.69) is 16.8 Å². The summed E-state index contributed by atoms with van der Waals surface area (Å²) in [4.78, 5) is 13.4. The zero-order valence-electron chi connectivity index (χ0n) is 17.6. The van der Waals surface area contributed by atoms with E-state index < -0.39 is 6.29 Å². The van der Waals surface area contributed by atoms with Crippen LogP contribution in [0.4, 0.5) is 5.69 Å². The van der Waals surface area contributed by atoms with Crippen LogP contribution < -0.4 is 5.32 Å². The Bertz CT molecular complexity index is 835. The quantitative estimate of drug-likeness (QED) is 0.648. The molecule has 6 nitrogen and oxygen atoms in total. The smallest absolute Gasteiger partial charge is 0.221 e. The number of benzene rings is 2. The Kier molecular flexibility index (Phi) is 7.76. The topological polar surface area (TPSA) is 71.0 Å². The predicted octanol–water partition coefficient (Wildman–Crippen LogP) is 3.80. The first-order valence-corrected chi connectivity index (χ1v) is 10.2. The second-order valence-corrected chi connectivity index (χ2v) is 7.66. The number of nitrogens with one attached hydrogen (secondary N) is 1. The molecule has 3 rings (SSSR count). The molecule has 1 aliphatic rings. The minimum atomic E-state index is -0.505. The summed E-state index contributed by atoms with van der Waals surface area (Å²) in [5.41, 5.74) is 3.57. The van der Waals surface area contributed by atoms with Gasteiger partial charge in [0.05, 0.1) is 18.8 Å². The van der Waals surface area contributed by atoms with Gasteiger partial charge in [-0.3, -0.25) is 4.79 Å². The molecule has 2 aromatic carbocycles. The highest BCUT2D eigenvalue weighted by molar-refractivity contribution is 5.88. The van der Waals surface area contributed by atoms with E-state index in [4.69, 9.17) is 9.47 Å². The first-order chi connectivity index (χ1) is 14.5. The fourth-order valence-corrected chi connectivity index (χ4v) is 3.60. The highest BCUT2D eigenvalue weighted by Gasteiger charge is 2.32. The van der Waals surface area contributed by atoms with Gasteiger partial charge >= 0.3 is 0 Å². The summed E-state index contributed by atoms with van der Waals surface area (Å²) in [6, 6.07) is 15.4. The van der Waals surface area contributed by atoms with E-state index in [0.29, 0.717) is 0 Å². The molecule has 0 bridgehead atoms. The third-order valence-electron chi connectivity index (χ3n) is 5.07. The zero-order valence-corrected chi connectivity index (χ0v) is 17.6. The van der Waals surface area contributed by atoms with Crippen LogP contribution in [0.15, 0.2) is 61.2 Å². The molecule has 1 aliphatic heterocycles. The minimum Gasteiger partial charge on any atom is -0.392 e. The van der Waals surface area contributed by atoms with E-state index in [0.717, 1.165) is 41.9 Å². The van der Waals surface area contributed by atoms with Gasteiger partial charge in [-0.2, -0.15) is 0 Å². The summed E-state index contributed by atoms with van der Waals surface area (Å²) in [5, 5.41) is 12.1. The first-order valence-electron chi connectivity index (χ1n) is 10.2. The van der Waals surface area contributed by atoms with E-state index in [9.17, 15) is 9.90 Å². The highest BCUT2D eigenvalue weighted by Crippen LogP contribution is 2.38. The van der Waals surface area contributed by atoms with Crippen molar-refractivity contribution in [3.05, 3.63) is 77.9 Å². The molecule has 2 aromatic rings. The van der Waals surface area contributed by atoms with Crippen LogP contribution in [0.3, 0.4) is 0 Å². The van der Waals surface area contributed by atoms with Crippen LogP contribution in [0, 0.1) is 0 Å². The molecule has 3 unspecified atom stereocenters. The van der Waals surface area contributed by atoms with Crippen molar-refractivity contribution < 1.29 is 19.4 Å². The average Bonchev–Trinajstić information content (AvgIpc) is 2.74. The van der Waals surface area contributed by atoms with Gasteiger partial charge in [-0.25, -0.2) is 0 Å². The second-order valence-electron chi connectivity index (χ2n) is 7.66. The standard InChI is InChI=1S/C24H30N2O4/c1-4-13-26(3)15-22-14-23(19-7-5-18(16-27)6-8-19)30-24(29-22)20-9-11-21(12-10-20)25-17(2)28/h4-12,22-24,27H,1,13-16H2,2-3H3,(H,25,28). The van der Waals surface area contributed by atoms with Gasteiger partial charge in [0.15, 0.2) is 6.29 Å². The molecular weight excluding hydrogens is 380 g/mol. The normalized spacial score (nSPS) is 21.4. The van der Waals surface area contributed by atoms with Crippen LogP contribution in [0.2, 0.25) is 0 Å². The largest absolute Gasteiger partial charge is 0.392 e. The van der Waals surface area contributed by atoms with Gasteiger partial charge in [-0.1, -0.05) is 42.5 Å². The molecule has 0 saturated carbocycles. The van der Waals surface area contributed by atoms with Gasteiger partial charge in [0.1, 0.15) is 0 Å². The van der Waals surface area contributed by atoms with Crippen molar-refractivity contribution in [2.24, 2.45) is 0 Å². The Balaban J connectivity index is 1.79. The number of ether oxygens (including phenoxy) is 2.